The fourth-order valence-corrected chi connectivity index (χ4v) is 3.78. The second kappa shape index (κ2) is 7.42. The van der Waals surface area contributed by atoms with Crippen LogP contribution in [0.5, 0.6) is 5.75 Å². The monoisotopic (exact) mass is 368 g/mol. The van der Waals surface area contributed by atoms with Crippen molar-refractivity contribution >= 4 is 11.8 Å². The lowest BCUT2D eigenvalue weighted by molar-refractivity contribution is -0.137. The van der Waals surface area contributed by atoms with E-state index < -0.39 is 0 Å². The first-order valence-electron chi connectivity index (χ1n) is 9.39. The van der Waals surface area contributed by atoms with Crippen molar-refractivity contribution in [3.05, 3.63) is 47.3 Å². The Morgan fingerprint density at radius 1 is 1.30 bits per heavy atom. The van der Waals surface area contributed by atoms with Crippen LogP contribution < -0.4 is 10.1 Å². The average molecular weight is 368 g/mol. The van der Waals surface area contributed by atoms with E-state index in [1.807, 2.05) is 39.9 Å². The van der Waals surface area contributed by atoms with Crippen molar-refractivity contribution in [3.63, 3.8) is 0 Å². The van der Waals surface area contributed by atoms with E-state index in [-0.39, 0.29) is 17.7 Å². The largest absolute Gasteiger partial charge is 0.493 e. The predicted molar refractivity (Wildman–Crippen MR) is 98.9 cm³/mol. The van der Waals surface area contributed by atoms with Crippen LogP contribution in [0.15, 0.2) is 30.3 Å². The Balaban J connectivity index is 1.44. The Hall–Kier alpha value is -2.83. The second-order valence-electron chi connectivity index (χ2n) is 7.17. The number of nitrogens with zero attached hydrogens (tertiary/aromatic N) is 3. The minimum Gasteiger partial charge on any atom is -0.493 e. The number of nitrogens with one attached hydrogen (secondary N) is 1. The highest BCUT2D eigenvalue weighted by Crippen LogP contribution is 2.28. The van der Waals surface area contributed by atoms with E-state index >= 15 is 0 Å². The van der Waals surface area contributed by atoms with Crippen LogP contribution in [0.1, 0.15) is 30.3 Å². The summed E-state index contributed by atoms with van der Waals surface area (Å²) in [6.07, 6.45) is 1.45. The lowest BCUT2D eigenvalue weighted by atomic mass is 9.95. The zero-order valence-corrected chi connectivity index (χ0v) is 15.5. The van der Waals surface area contributed by atoms with Crippen molar-refractivity contribution in [2.24, 2.45) is 5.92 Å². The van der Waals surface area contributed by atoms with Gasteiger partial charge in [-0.05, 0) is 30.5 Å². The summed E-state index contributed by atoms with van der Waals surface area (Å²) in [4.78, 5) is 26.1. The predicted octanol–water partition coefficient (Wildman–Crippen LogP) is 1.50. The Kier molecular flexibility index (Phi) is 4.83. The zero-order valence-electron chi connectivity index (χ0n) is 15.5. The summed E-state index contributed by atoms with van der Waals surface area (Å²) in [6, 6.07) is 9.94. The molecule has 7 heteroatoms. The van der Waals surface area contributed by atoms with Crippen molar-refractivity contribution < 1.29 is 14.3 Å². The van der Waals surface area contributed by atoms with E-state index in [0.717, 1.165) is 35.5 Å². The van der Waals surface area contributed by atoms with Crippen LogP contribution in [0, 0.1) is 5.92 Å². The zero-order chi connectivity index (χ0) is 18.8. The molecule has 2 aliphatic heterocycles. The van der Waals surface area contributed by atoms with Crippen LogP contribution in [0.4, 0.5) is 0 Å². The van der Waals surface area contributed by atoms with Gasteiger partial charge in [0.25, 0.3) is 0 Å². The highest BCUT2D eigenvalue weighted by atomic mass is 16.5. The molecule has 2 amide bonds. The number of hydrogen-bond acceptors (Lipinski definition) is 4. The molecule has 3 heterocycles. The van der Waals surface area contributed by atoms with Gasteiger partial charge < -0.3 is 15.0 Å². The Morgan fingerprint density at radius 2 is 2.15 bits per heavy atom. The fourth-order valence-electron chi connectivity index (χ4n) is 3.78. The summed E-state index contributed by atoms with van der Waals surface area (Å²) in [5.41, 5.74) is 2.94. The van der Waals surface area contributed by atoms with Crippen molar-refractivity contribution in [1.82, 2.24) is 20.0 Å². The first-order chi connectivity index (χ1) is 13.1. The van der Waals surface area contributed by atoms with Crippen molar-refractivity contribution in [2.45, 2.75) is 39.4 Å². The topological polar surface area (TPSA) is 76.5 Å². The quantitative estimate of drug-likeness (QED) is 0.891. The highest BCUT2D eigenvalue weighted by molar-refractivity contribution is 5.79. The molecule has 4 rings (SSSR count). The molecule has 0 saturated carbocycles. The third-order valence-corrected chi connectivity index (χ3v) is 5.19. The van der Waals surface area contributed by atoms with E-state index in [1.165, 1.54) is 6.92 Å². The van der Waals surface area contributed by atoms with Gasteiger partial charge in [-0.2, -0.15) is 5.10 Å². The van der Waals surface area contributed by atoms with Gasteiger partial charge in [-0.1, -0.05) is 18.2 Å². The molecule has 0 fully saturated rings. The van der Waals surface area contributed by atoms with Crippen LogP contribution in [0.3, 0.4) is 0 Å². The summed E-state index contributed by atoms with van der Waals surface area (Å²) in [6.45, 7) is 4.38. The summed E-state index contributed by atoms with van der Waals surface area (Å²) in [7, 11) is 0. The first kappa shape index (κ1) is 17.6. The molecule has 0 unspecified atom stereocenters. The van der Waals surface area contributed by atoms with Crippen molar-refractivity contribution in [2.75, 3.05) is 13.2 Å². The van der Waals surface area contributed by atoms with Gasteiger partial charge in [-0.3, -0.25) is 14.3 Å². The molecule has 0 saturated heterocycles. The third kappa shape index (κ3) is 3.82. The SMILES string of the molecule is CC(=O)NCc1cc2n(n1)CCN(C(=O)[C@H]1CCOc3ccccc3C1)C2. The van der Waals surface area contributed by atoms with Crippen LogP contribution in [0.2, 0.25) is 0 Å². The number of carbonyl (C=O) groups excluding carboxylic acids is 2. The number of ether oxygens (including phenoxy) is 1. The number of rotatable bonds is 3. The first-order valence-corrected chi connectivity index (χ1v) is 9.39. The van der Waals surface area contributed by atoms with Gasteiger partial charge in [0.2, 0.25) is 11.8 Å². The number of para-hydroxylation sites is 1. The van der Waals surface area contributed by atoms with Gasteiger partial charge in [0.05, 0.1) is 37.6 Å². The molecule has 1 atom stereocenters. The number of fused-ring (bicyclic) bond motifs is 2. The maximum atomic E-state index is 13.1. The minimum absolute atomic E-state index is 0.0537. The number of benzene rings is 1. The van der Waals surface area contributed by atoms with Crippen LogP contribution in [0.25, 0.3) is 0 Å². The number of carbonyl (C=O) groups is 2. The third-order valence-electron chi connectivity index (χ3n) is 5.19. The normalized spacial score (nSPS) is 18.7. The fraction of sp³-hybridized carbons (Fsp3) is 0.450. The lowest BCUT2D eigenvalue weighted by Crippen LogP contribution is -2.42. The molecular weight excluding hydrogens is 344 g/mol. The van der Waals surface area contributed by atoms with Gasteiger partial charge in [-0.15, -0.1) is 0 Å². The number of hydrogen-bond donors (Lipinski definition) is 1. The lowest BCUT2D eigenvalue weighted by Gasteiger charge is -2.30. The van der Waals surface area contributed by atoms with E-state index in [0.29, 0.717) is 32.8 Å². The van der Waals surface area contributed by atoms with Crippen LogP contribution in [-0.2, 0) is 35.6 Å². The maximum absolute atomic E-state index is 13.1. The Bertz CT molecular complexity index is 861. The molecule has 7 nitrogen and oxygen atoms in total. The summed E-state index contributed by atoms with van der Waals surface area (Å²) >= 11 is 0. The Labute approximate surface area is 158 Å². The molecule has 0 radical (unpaired) electrons. The Morgan fingerprint density at radius 3 is 3.00 bits per heavy atom. The van der Waals surface area contributed by atoms with E-state index in [4.69, 9.17) is 4.74 Å². The standard InChI is InChI=1S/C20H24N4O3/c1-14(25)21-12-17-11-18-13-23(7-8-24(18)22-17)20(26)16-6-9-27-19-5-3-2-4-15(19)10-16/h2-5,11,16H,6-10,12-13H2,1H3,(H,21,25)/t16-/m0/s1. The van der Waals surface area contributed by atoms with Gasteiger partial charge in [0, 0.05) is 19.4 Å². The van der Waals surface area contributed by atoms with Crippen molar-refractivity contribution in [3.8, 4) is 5.75 Å². The number of aromatic nitrogens is 2. The average Bonchev–Trinajstić information content (AvgIpc) is 2.95. The van der Waals surface area contributed by atoms with Crippen molar-refractivity contribution in [1.29, 1.82) is 0 Å². The number of amides is 2. The van der Waals surface area contributed by atoms with Gasteiger partial charge in [0.1, 0.15) is 5.75 Å². The van der Waals surface area contributed by atoms with Gasteiger partial charge in [-0.25, -0.2) is 0 Å². The summed E-state index contributed by atoms with van der Waals surface area (Å²) in [5.74, 6) is 0.953. The van der Waals surface area contributed by atoms with E-state index in [9.17, 15) is 9.59 Å². The van der Waals surface area contributed by atoms with Gasteiger partial charge in [0.15, 0.2) is 0 Å². The van der Waals surface area contributed by atoms with E-state index in [2.05, 4.69) is 10.4 Å². The molecule has 0 aliphatic carbocycles. The van der Waals surface area contributed by atoms with Crippen LogP contribution in [-0.4, -0.2) is 39.6 Å². The smallest absolute Gasteiger partial charge is 0.226 e. The molecule has 2 aliphatic rings. The molecule has 1 aromatic carbocycles. The summed E-state index contributed by atoms with van der Waals surface area (Å²) < 4.78 is 7.74. The molecule has 1 N–H and O–H groups in total. The van der Waals surface area contributed by atoms with Crippen LogP contribution >= 0.6 is 0 Å². The maximum Gasteiger partial charge on any atom is 0.226 e. The molecule has 2 aromatic rings. The molecule has 1 aromatic heterocycles. The second-order valence-corrected chi connectivity index (χ2v) is 7.17. The minimum atomic E-state index is -0.0753. The van der Waals surface area contributed by atoms with Gasteiger partial charge >= 0.3 is 0 Å². The molecular formula is C20H24N4O3. The molecule has 27 heavy (non-hydrogen) atoms. The molecule has 0 spiro atoms. The summed E-state index contributed by atoms with van der Waals surface area (Å²) in [5, 5.41) is 7.28. The molecule has 142 valence electrons. The van der Waals surface area contributed by atoms with E-state index in [1.54, 1.807) is 0 Å². The highest BCUT2D eigenvalue weighted by Gasteiger charge is 2.30. The molecule has 0 bridgehead atoms.